The summed E-state index contributed by atoms with van der Waals surface area (Å²) >= 11 is 0. The molecule has 88 valence electrons. The Bertz CT molecular complexity index is 199. The van der Waals surface area contributed by atoms with Gasteiger partial charge in [-0.1, -0.05) is 29.4 Å². The predicted octanol–water partition coefficient (Wildman–Crippen LogP) is 2.84. The van der Waals surface area contributed by atoms with Gasteiger partial charge in [-0.05, 0) is 33.6 Å². The van der Waals surface area contributed by atoms with Crippen LogP contribution in [0.3, 0.4) is 0 Å². The van der Waals surface area contributed by atoms with Crippen LogP contribution in [-0.2, 0) is 0 Å². The van der Waals surface area contributed by atoms with Crippen LogP contribution in [0.15, 0.2) is 36.0 Å². The van der Waals surface area contributed by atoms with Crippen molar-refractivity contribution in [1.29, 1.82) is 0 Å². The van der Waals surface area contributed by atoms with Crippen LogP contribution in [-0.4, -0.2) is 23.4 Å². The minimum absolute atomic E-state index is 0.0833. The highest BCUT2D eigenvalue weighted by Gasteiger charge is 1.86. The minimum Gasteiger partial charge on any atom is -0.392 e. The van der Waals surface area contributed by atoms with Gasteiger partial charge in [0, 0.05) is 0 Å². The van der Waals surface area contributed by atoms with Crippen LogP contribution in [0.4, 0.5) is 0 Å². The summed E-state index contributed by atoms with van der Waals surface area (Å²) in [6, 6.07) is 0. The third kappa shape index (κ3) is 19.5. The zero-order valence-corrected chi connectivity index (χ0v) is 10.2. The molecule has 0 radical (unpaired) electrons. The third-order valence-electron chi connectivity index (χ3n) is 1.66. The molecular formula is C13H24O2. The molecule has 0 unspecified atom stereocenters. The SMILES string of the molecule is C=CCO.CC(C)=CCC/C(C)=C/CO. The van der Waals surface area contributed by atoms with E-state index in [1.165, 1.54) is 17.2 Å². The fraction of sp³-hybridized carbons (Fsp3) is 0.538. The lowest BCUT2D eigenvalue weighted by Crippen LogP contribution is -1.80. The summed E-state index contributed by atoms with van der Waals surface area (Å²) in [6.45, 7) is 9.74. The number of allylic oxidation sites excluding steroid dienone is 3. The van der Waals surface area contributed by atoms with Crippen molar-refractivity contribution in [2.75, 3.05) is 13.2 Å². The number of aliphatic hydroxyl groups excluding tert-OH is 2. The van der Waals surface area contributed by atoms with Crippen molar-refractivity contribution in [1.82, 2.24) is 0 Å². The van der Waals surface area contributed by atoms with Crippen molar-refractivity contribution in [2.24, 2.45) is 0 Å². The van der Waals surface area contributed by atoms with E-state index in [1.54, 1.807) is 0 Å². The molecule has 0 amide bonds. The van der Waals surface area contributed by atoms with E-state index >= 15 is 0 Å². The Kier molecular flexibility index (Phi) is 14.5. The van der Waals surface area contributed by atoms with E-state index in [2.05, 4.69) is 33.4 Å². The normalized spacial score (nSPS) is 10.1. The average molecular weight is 212 g/mol. The lowest BCUT2D eigenvalue weighted by Gasteiger charge is -1.96. The Morgan fingerprint density at radius 1 is 1.07 bits per heavy atom. The Labute approximate surface area is 93.6 Å². The van der Waals surface area contributed by atoms with E-state index in [1.807, 2.05) is 6.08 Å². The minimum atomic E-state index is 0.0833. The molecule has 0 rings (SSSR count). The molecule has 15 heavy (non-hydrogen) atoms. The molecule has 0 atom stereocenters. The third-order valence-corrected chi connectivity index (χ3v) is 1.66. The van der Waals surface area contributed by atoms with E-state index in [4.69, 9.17) is 10.2 Å². The van der Waals surface area contributed by atoms with Gasteiger partial charge in [-0.2, -0.15) is 0 Å². The lowest BCUT2D eigenvalue weighted by molar-refractivity contribution is 0.341. The van der Waals surface area contributed by atoms with Crippen molar-refractivity contribution in [3.63, 3.8) is 0 Å². The Hall–Kier alpha value is -0.860. The van der Waals surface area contributed by atoms with E-state index in [0.717, 1.165) is 12.8 Å². The fourth-order valence-electron chi connectivity index (χ4n) is 0.846. The molecular weight excluding hydrogens is 188 g/mol. The maximum absolute atomic E-state index is 8.55. The van der Waals surface area contributed by atoms with Gasteiger partial charge in [0.25, 0.3) is 0 Å². The van der Waals surface area contributed by atoms with Crippen LogP contribution in [0.2, 0.25) is 0 Å². The van der Waals surface area contributed by atoms with Crippen LogP contribution in [0.25, 0.3) is 0 Å². The Morgan fingerprint density at radius 2 is 1.60 bits per heavy atom. The smallest absolute Gasteiger partial charge is 0.0614 e. The highest BCUT2D eigenvalue weighted by atomic mass is 16.3. The summed E-state index contributed by atoms with van der Waals surface area (Å²) in [6.07, 6.45) is 7.66. The molecule has 2 heteroatoms. The van der Waals surface area contributed by atoms with E-state index < -0.39 is 0 Å². The molecule has 0 aliphatic carbocycles. The maximum atomic E-state index is 8.55. The van der Waals surface area contributed by atoms with Gasteiger partial charge in [-0.15, -0.1) is 6.58 Å². The summed E-state index contributed by atoms with van der Waals surface area (Å²) in [7, 11) is 0. The van der Waals surface area contributed by atoms with Crippen LogP contribution >= 0.6 is 0 Å². The highest BCUT2D eigenvalue weighted by Crippen LogP contribution is 2.05. The largest absolute Gasteiger partial charge is 0.392 e. The van der Waals surface area contributed by atoms with Gasteiger partial charge in [0.2, 0.25) is 0 Å². The van der Waals surface area contributed by atoms with Crippen molar-refractivity contribution in [3.8, 4) is 0 Å². The summed E-state index contributed by atoms with van der Waals surface area (Å²) in [5, 5.41) is 16.3. The topological polar surface area (TPSA) is 40.5 Å². The van der Waals surface area contributed by atoms with Gasteiger partial charge in [0.05, 0.1) is 13.2 Å². The lowest BCUT2D eigenvalue weighted by atomic mass is 10.1. The van der Waals surface area contributed by atoms with E-state index in [-0.39, 0.29) is 13.2 Å². The summed E-state index contributed by atoms with van der Waals surface area (Å²) < 4.78 is 0. The standard InChI is InChI=1S/C10H18O.C3H6O/c1-9(2)5-4-6-10(3)7-8-11;1-2-3-4/h5,7,11H,4,6,8H2,1-3H3;2,4H,1,3H2/b10-7+;. The second-order valence-corrected chi connectivity index (χ2v) is 3.52. The van der Waals surface area contributed by atoms with Crippen molar-refractivity contribution >= 4 is 0 Å². The summed E-state index contributed by atoms with van der Waals surface area (Å²) in [5.74, 6) is 0. The maximum Gasteiger partial charge on any atom is 0.0614 e. The molecule has 0 heterocycles. The molecule has 0 fully saturated rings. The van der Waals surface area contributed by atoms with Gasteiger partial charge in [0.1, 0.15) is 0 Å². The monoisotopic (exact) mass is 212 g/mol. The molecule has 0 aromatic carbocycles. The molecule has 0 aliphatic heterocycles. The zero-order chi connectivity index (χ0) is 12.1. The zero-order valence-electron chi connectivity index (χ0n) is 10.2. The van der Waals surface area contributed by atoms with Gasteiger partial charge >= 0.3 is 0 Å². The molecule has 0 spiro atoms. The number of aliphatic hydroxyl groups is 2. The Balaban J connectivity index is 0. The predicted molar refractivity (Wildman–Crippen MR) is 66.8 cm³/mol. The second-order valence-electron chi connectivity index (χ2n) is 3.52. The molecule has 0 bridgehead atoms. The van der Waals surface area contributed by atoms with Crippen molar-refractivity contribution < 1.29 is 10.2 Å². The first-order chi connectivity index (χ1) is 7.08. The van der Waals surface area contributed by atoms with E-state index in [9.17, 15) is 0 Å². The van der Waals surface area contributed by atoms with Gasteiger partial charge < -0.3 is 10.2 Å². The van der Waals surface area contributed by atoms with Crippen molar-refractivity contribution in [3.05, 3.63) is 36.0 Å². The molecule has 2 nitrogen and oxygen atoms in total. The van der Waals surface area contributed by atoms with Crippen LogP contribution in [0, 0.1) is 0 Å². The first-order valence-corrected chi connectivity index (χ1v) is 5.20. The Morgan fingerprint density at radius 3 is 1.93 bits per heavy atom. The molecule has 0 aromatic rings. The molecule has 0 saturated heterocycles. The van der Waals surface area contributed by atoms with E-state index in [0.29, 0.717) is 0 Å². The molecule has 0 saturated carbocycles. The van der Waals surface area contributed by atoms with Gasteiger partial charge in [-0.25, -0.2) is 0 Å². The van der Waals surface area contributed by atoms with Crippen LogP contribution in [0.1, 0.15) is 33.6 Å². The van der Waals surface area contributed by atoms with Crippen molar-refractivity contribution in [2.45, 2.75) is 33.6 Å². The number of rotatable bonds is 5. The average Bonchev–Trinajstić information content (AvgIpc) is 2.18. The first-order valence-electron chi connectivity index (χ1n) is 5.20. The van der Waals surface area contributed by atoms with Crippen LogP contribution < -0.4 is 0 Å². The fourth-order valence-corrected chi connectivity index (χ4v) is 0.846. The quantitative estimate of drug-likeness (QED) is 0.688. The molecule has 0 aliphatic rings. The first kappa shape index (κ1) is 16.6. The summed E-state index contributed by atoms with van der Waals surface area (Å²) in [5.41, 5.74) is 2.63. The number of hydrogen-bond donors (Lipinski definition) is 2. The molecule has 2 N–H and O–H groups in total. The van der Waals surface area contributed by atoms with Crippen LogP contribution in [0.5, 0.6) is 0 Å². The molecule has 0 aromatic heterocycles. The van der Waals surface area contributed by atoms with Gasteiger partial charge in [0.15, 0.2) is 0 Å². The van der Waals surface area contributed by atoms with Gasteiger partial charge in [-0.3, -0.25) is 0 Å². The highest BCUT2D eigenvalue weighted by molar-refractivity contribution is 5.01. The second kappa shape index (κ2) is 13.1. The summed E-state index contributed by atoms with van der Waals surface area (Å²) in [4.78, 5) is 0. The number of hydrogen-bond acceptors (Lipinski definition) is 2.